The molecule has 2 amide bonds. The first-order valence-corrected chi connectivity index (χ1v) is 8.34. The molecule has 0 aliphatic rings. The Bertz CT molecular complexity index is 951. The van der Waals surface area contributed by atoms with Crippen molar-refractivity contribution in [2.24, 2.45) is 0 Å². The van der Waals surface area contributed by atoms with Gasteiger partial charge >= 0.3 is 0 Å². The van der Waals surface area contributed by atoms with Gasteiger partial charge in [0.15, 0.2) is 0 Å². The van der Waals surface area contributed by atoms with Gasteiger partial charge in [-0.1, -0.05) is 17.7 Å². The van der Waals surface area contributed by atoms with Gasteiger partial charge in [0.2, 0.25) is 0 Å². The van der Waals surface area contributed by atoms with Gasteiger partial charge in [-0.05, 0) is 55.5 Å². The van der Waals surface area contributed by atoms with Crippen LogP contribution in [0.1, 0.15) is 26.4 Å². The summed E-state index contributed by atoms with van der Waals surface area (Å²) in [5.41, 5.74) is 2.90. The maximum Gasteiger partial charge on any atom is 0.274 e. The standard InChI is InChI=1S/C21H19N3O3/c1-14-3-5-16(6-4-14)24-21(26)19-13-15(11-12-22-19)20(25)23-17-7-9-18(27-2)10-8-17/h3-13H,1-2H3,(H,23,25)(H,24,26). The molecule has 0 spiro atoms. The lowest BCUT2D eigenvalue weighted by Gasteiger charge is -2.08. The van der Waals surface area contributed by atoms with Crippen molar-refractivity contribution < 1.29 is 14.3 Å². The van der Waals surface area contributed by atoms with E-state index in [9.17, 15) is 9.59 Å². The molecule has 3 aromatic rings. The van der Waals surface area contributed by atoms with Crippen LogP contribution >= 0.6 is 0 Å². The van der Waals surface area contributed by atoms with Gasteiger partial charge < -0.3 is 15.4 Å². The molecule has 0 saturated heterocycles. The highest BCUT2D eigenvalue weighted by atomic mass is 16.5. The highest BCUT2D eigenvalue weighted by molar-refractivity contribution is 6.07. The third kappa shape index (κ3) is 4.70. The first kappa shape index (κ1) is 18.1. The first-order chi connectivity index (χ1) is 13.0. The van der Waals surface area contributed by atoms with E-state index in [1.54, 1.807) is 37.4 Å². The molecule has 6 heteroatoms. The Kier molecular flexibility index (Phi) is 5.47. The SMILES string of the molecule is COc1ccc(NC(=O)c2ccnc(C(=O)Nc3ccc(C)cc3)c2)cc1. The topological polar surface area (TPSA) is 80.3 Å². The average molecular weight is 361 g/mol. The molecule has 1 heterocycles. The van der Waals surface area contributed by atoms with Crippen molar-refractivity contribution >= 4 is 23.2 Å². The number of benzene rings is 2. The molecule has 2 aromatic carbocycles. The largest absolute Gasteiger partial charge is 0.497 e. The van der Waals surface area contributed by atoms with E-state index < -0.39 is 0 Å². The van der Waals surface area contributed by atoms with Crippen molar-refractivity contribution in [1.29, 1.82) is 0 Å². The number of amides is 2. The minimum Gasteiger partial charge on any atom is -0.497 e. The van der Waals surface area contributed by atoms with E-state index in [-0.39, 0.29) is 17.5 Å². The summed E-state index contributed by atoms with van der Waals surface area (Å²) in [7, 11) is 1.58. The molecule has 2 N–H and O–H groups in total. The van der Waals surface area contributed by atoms with Gasteiger partial charge in [-0.15, -0.1) is 0 Å². The number of rotatable bonds is 5. The van der Waals surface area contributed by atoms with E-state index in [1.165, 1.54) is 12.3 Å². The molecule has 0 fully saturated rings. The minimum atomic E-state index is -0.377. The molecule has 0 saturated carbocycles. The maximum atomic E-state index is 12.4. The Hall–Kier alpha value is -3.67. The van der Waals surface area contributed by atoms with Crippen LogP contribution in [0.3, 0.4) is 0 Å². The number of anilines is 2. The highest BCUT2D eigenvalue weighted by Crippen LogP contribution is 2.16. The van der Waals surface area contributed by atoms with Gasteiger partial charge in [-0.2, -0.15) is 0 Å². The van der Waals surface area contributed by atoms with Crippen LogP contribution in [0.2, 0.25) is 0 Å². The van der Waals surface area contributed by atoms with Crippen LogP contribution in [-0.2, 0) is 0 Å². The van der Waals surface area contributed by atoms with Crippen molar-refractivity contribution in [2.45, 2.75) is 6.92 Å². The molecular formula is C21H19N3O3. The number of hydrogen-bond donors (Lipinski definition) is 2. The van der Waals surface area contributed by atoms with E-state index in [1.807, 2.05) is 31.2 Å². The second kappa shape index (κ2) is 8.14. The van der Waals surface area contributed by atoms with Crippen LogP contribution in [-0.4, -0.2) is 23.9 Å². The molecule has 1 aromatic heterocycles. The fraction of sp³-hybridized carbons (Fsp3) is 0.0952. The summed E-state index contributed by atoms with van der Waals surface area (Å²) in [5, 5.41) is 5.54. The van der Waals surface area contributed by atoms with Crippen molar-refractivity contribution in [3.63, 3.8) is 0 Å². The summed E-state index contributed by atoms with van der Waals surface area (Å²) >= 11 is 0. The lowest BCUT2D eigenvalue weighted by atomic mass is 10.2. The third-order valence-electron chi connectivity index (χ3n) is 3.91. The number of aromatic nitrogens is 1. The fourth-order valence-corrected chi connectivity index (χ4v) is 2.41. The summed E-state index contributed by atoms with van der Waals surface area (Å²) in [6.45, 7) is 1.97. The van der Waals surface area contributed by atoms with Gasteiger partial charge in [0, 0.05) is 23.1 Å². The van der Waals surface area contributed by atoms with Crippen LogP contribution < -0.4 is 15.4 Å². The number of aryl methyl sites for hydroxylation is 1. The van der Waals surface area contributed by atoms with Crippen LogP contribution in [0.15, 0.2) is 66.9 Å². The summed E-state index contributed by atoms with van der Waals surface area (Å²) in [5.74, 6) is -0.00289. The molecule has 0 radical (unpaired) electrons. The molecule has 3 rings (SSSR count). The van der Waals surface area contributed by atoms with Gasteiger partial charge in [0.1, 0.15) is 11.4 Å². The summed E-state index contributed by atoms with van der Waals surface area (Å²) in [4.78, 5) is 28.9. The third-order valence-corrected chi connectivity index (χ3v) is 3.91. The Morgan fingerprint density at radius 3 is 2.07 bits per heavy atom. The highest BCUT2D eigenvalue weighted by Gasteiger charge is 2.12. The van der Waals surface area contributed by atoms with Gasteiger partial charge in [0.05, 0.1) is 7.11 Å². The van der Waals surface area contributed by atoms with Crippen molar-refractivity contribution in [3.8, 4) is 5.75 Å². The van der Waals surface area contributed by atoms with Crippen LogP contribution in [0.4, 0.5) is 11.4 Å². The first-order valence-electron chi connectivity index (χ1n) is 8.34. The molecule has 27 heavy (non-hydrogen) atoms. The van der Waals surface area contributed by atoms with Gasteiger partial charge in [-0.25, -0.2) is 0 Å². The number of carbonyl (C=O) groups excluding carboxylic acids is 2. The average Bonchev–Trinajstić information content (AvgIpc) is 2.70. The van der Waals surface area contributed by atoms with Crippen molar-refractivity contribution in [1.82, 2.24) is 4.98 Å². The monoisotopic (exact) mass is 361 g/mol. The summed E-state index contributed by atoms with van der Waals surface area (Å²) < 4.78 is 5.09. The summed E-state index contributed by atoms with van der Waals surface area (Å²) in [6, 6.07) is 17.4. The van der Waals surface area contributed by atoms with E-state index in [0.717, 1.165) is 5.56 Å². The Balaban J connectivity index is 1.70. The van der Waals surface area contributed by atoms with E-state index in [4.69, 9.17) is 4.74 Å². The molecule has 0 unspecified atom stereocenters. The molecule has 0 aliphatic carbocycles. The number of methoxy groups -OCH3 is 1. The molecular weight excluding hydrogens is 342 g/mol. The molecule has 0 bridgehead atoms. The predicted octanol–water partition coefficient (Wildman–Crippen LogP) is 3.90. The lowest BCUT2D eigenvalue weighted by molar-refractivity contribution is 0.102. The zero-order chi connectivity index (χ0) is 19.2. The second-order valence-corrected chi connectivity index (χ2v) is 5.93. The molecule has 6 nitrogen and oxygen atoms in total. The number of nitrogens with one attached hydrogen (secondary N) is 2. The number of pyridine rings is 1. The zero-order valence-electron chi connectivity index (χ0n) is 15.0. The number of hydrogen-bond acceptors (Lipinski definition) is 4. The summed E-state index contributed by atoms with van der Waals surface area (Å²) in [6.07, 6.45) is 1.44. The van der Waals surface area contributed by atoms with Crippen LogP contribution in [0.25, 0.3) is 0 Å². The molecule has 0 aliphatic heterocycles. The number of ether oxygens (including phenoxy) is 1. The second-order valence-electron chi connectivity index (χ2n) is 5.93. The predicted molar refractivity (Wildman–Crippen MR) is 104 cm³/mol. The smallest absolute Gasteiger partial charge is 0.274 e. The molecule has 136 valence electrons. The van der Waals surface area contributed by atoms with Crippen molar-refractivity contribution in [3.05, 3.63) is 83.7 Å². The van der Waals surface area contributed by atoms with Crippen LogP contribution in [0, 0.1) is 6.92 Å². The van der Waals surface area contributed by atoms with Gasteiger partial charge in [0.25, 0.3) is 11.8 Å². The van der Waals surface area contributed by atoms with E-state index in [0.29, 0.717) is 22.7 Å². The Morgan fingerprint density at radius 2 is 1.44 bits per heavy atom. The lowest BCUT2D eigenvalue weighted by Crippen LogP contribution is -2.17. The Labute approximate surface area is 157 Å². The Morgan fingerprint density at radius 1 is 0.852 bits per heavy atom. The quantitative estimate of drug-likeness (QED) is 0.722. The van der Waals surface area contributed by atoms with Crippen molar-refractivity contribution in [2.75, 3.05) is 17.7 Å². The molecule has 0 atom stereocenters. The zero-order valence-corrected chi connectivity index (χ0v) is 15.0. The minimum absolute atomic E-state index is 0.165. The normalized spacial score (nSPS) is 10.1. The van der Waals surface area contributed by atoms with Crippen LogP contribution in [0.5, 0.6) is 5.75 Å². The number of nitrogens with zero attached hydrogens (tertiary/aromatic N) is 1. The fourth-order valence-electron chi connectivity index (χ4n) is 2.41. The maximum absolute atomic E-state index is 12.4. The van der Waals surface area contributed by atoms with E-state index in [2.05, 4.69) is 15.6 Å². The van der Waals surface area contributed by atoms with E-state index >= 15 is 0 Å². The number of carbonyl (C=O) groups is 2. The van der Waals surface area contributed by atoms with Gasteiger partial charge in [-0.3, -0.25) is 14.6 Å².